The van der Waals surface area contributed by atoms with Gasteiger partial charge < -0.3 is 9.84 Å². The number of ether oxygens (including phenoxy) is 1. The number of nitrogens with one attached hydrogen (secondary N) is 1. The Balaban J connectivity index is 1.20. The van der Waals surface area contributed by atoms with Crippen molar-refractivity contribution in [3.05, 3.63) is 101 Å². The molecule has 3 heterocycles. The quantitative estimate of drug-likeness (QED) is 0.201. The molecule has 0 saturated heterocycles. The predicted molar refractivity (Wildman–Crippen MR) is 166 cm³/mol. The number of benzene rings is 3. The lowest BCUT2D eigenvalue weighted by molar-refractivity contribution is 0.0685. The fourth-order valence-corrected chi connectivity index (χ4v) is 5.98. The smallest absolute Gasteiger partial charge is 0.358 e. The molecule has 5 aromatic rings. The number of rotatable bonds is 8. The molecule has 1 aliphatic rings. The largest absolute Gasteiger partial charge is 0.491 e. The second kappa shape index (κ2) is 12.0. The molecule has 6 rings (SSSR count). The summed E-state index contributed by atoms with van der Waals surface area (Å²) in [5, 5.41) is 13.4. The number of aromatic nitrogens is 2. The second-order valence-corrected chi connectivity index (χ2v) is 11.2. The van der Waals surface area contributed by atoms with E-state index in [0.717, 1.165) is 51.9 Å². The van der Waals surface area contributed by atoms with E-state index in [4.69, 9.17) is 4.74 Å². The monoisotopic (exact) mass is 578 g/mol. The predicted octanol–water partition coefficient (Wildman–Crippen LogP) is 7.23. The number of hydrogen-bond acceptors (Lipinski definition) is 6. The first-order chi connectivity index (χ1) is 20.5. The van der Waals surface area contributed by atoms with Gasteiger partial charge in [0.15, 0.2) is 16.6 Å². The summed E-state index contributed by atoms with van der Waals surface area (Å²) in [6, 6.07) is 25.1. The Morgan fingerprint density at radius 3 is 2.60 bits per heavy atom. The summed E-state index contributed by atoms with van der Waals surface area (Å²) >= 11 is 1.43. The SMILES string of the molecule is CCc1ccc(CCOc2ccc(-c3ccc4c(c3)N(C(=O)Nc3nc5ccccc5s3)CCC4)nc2C(=O)O)cc1. The van der Waals surface area contributed by atoms with Gasteiger partial charge in [0, 0.05) is 24.2 Å². The molecule has 2 N–H and O–H groups in total. The van der Waals surface area contributed by atoms with Gasteiger partial charge in [-0.15, -0.1) is 0 Å². The highest BCUT2D eigenvalue weighted by molar-refractivity contribution is 7.22. The molecule has 42 heavy (non-hydrogen) atoms. The molecule has 0 atom stereocenters. The third-order valence-corrected chi connectivity index (χ3v) is 8.34. The van der Waals surface area contributed by atoms with Crippen LogP contribution in [0.15, 0.2) is 78.9 Å². The Hall–Kier alpha value is -4.76. The van der Waals surface area contributed by atoms with Gasteiger partial charge in [0.05, 0.1) is 22.5 Å². The highest BCUT2D eigenvalue weighted by Gasteiger charge is 2.25. The van der Waals surface area contributed by atoms with Crippen LogP contribution in [0.5, 0.6) is 5.75 Å². The summed E-state index contributed by atoms with van der Waals surface area (Å²) in [6.45, 7) is 3.02. The number of urea groups is 1. The summed E-state index contributed by atoms with van der Waals surface area (Å²) in [5.41, 5.74) is 6.15. The van der Waals surface area contributed by atoms with Gasteiger partial charge in [-0.25, -0.2) is 19.6 Å². The van der Waals surface area contributed by atoms with E-state index in [-0.39, 0.29) is 17.5 Å². The van der Waals surface area contributed by atoms with E-state index in [1.54, 1.807) is 17.0 Å². The van der Waals surface area contributed by atoms with Crippen molar-refractivity contribution in [3.63, 3.8) is 0 Å². The van der Waals surface area contributed by atoms with Crippen LogP contribution >= 0.6 is 11.3 Å². The number of para-hydroxylation sites is 1. The highest BCUT2D eigenvalue weighted by atomic mass is 32.1. The molecule has 0 aliphatic carbocycles. The Morgan fingerprint density at radius 2 is 1.81 bits per heavy atom. The van der Waals surface area contributed by atoms with Gasteiger partial charge in [-0.2, -0.15) is 0 Å². The molecule has 0 bridgehead atoms. The van der Waals surface area contributed by atoms with Crippen molar-refractivity contribution < 1.29 is 19.4 Å². The zero-order valence-corrected chi connectivity index (χ0v) is 24.0. The first kappa shape index (κ1) is 27.4. The molecule has 0 radical (unpaired) electrons. The number of hydrogen-bond donors (Lipinski definition) is 2. The lowest BCUT2D eigenvalue weighted by Crippen LogP contribution is -2.38. The van der Waals surface area contributed by atoms with E-state index in [2.05, 4.69) is 46.5 Å². The number of pyridine rings is 1. The Labute approximate surface area is 247 Å². The number of carboxylic acids is 1. The molecule has 3 aromatic carbocycles. The molecule has 0 saturated carbocycles. The number of carbonyl (C=O) groups is 2. The van der Waals surface area contributed by atoms with Crippen LogP contribution in [0.1, 0.15) is 40.5 Å². The lowest BCUT2D eigenvalue weighted by atomic mass is 9.98. The minimum Gasteiger partial charge on any atom is -0.491 e. The van der Waals surface area contributed by atoms with Crippen LogP contribution < -0.4 is 15.0 Å². The first-order valence-corrected chi connectivity index (χ1v) is 14.8. The van der Waals surface area contributed by atoms with Crippen LogP contribution in [-0.4, -0.2) is 40.2 Å². The number of nitrogens with zero attached hydrogens (tertiary/aromatic N) is 3. The number of anilines is 2. The van der Waals surface area contributed by atoms with Crippen molar-refractivity contribution in [2.24, 2.45) is 0 Å². The Morgan fingerprint density at radius 1 is 1.00 bits per heavy atom. The normalized spacial score (nSPS) is 12.6. The Bertz CT molecular complexity index is 1730. The van der Waals surface area contributed by atoms with Crippen molar-refractivity contribution in [2.45, 2.75) is 32.6 Å². The topological polar surface area (TPSA) is 105 Å². The van der Waals surface area contributed by atoms with Crippen LogP contribution in [-0.2, 0) is 19.3 Å². The average molecular weight is 579 g/mol. The van der Waals surface area contributed by atoms with Gasteiger partial charge >= 0.3 is 12.0 Å². The van der Waals surface area contributed by atoms with Gasteiger partial charge in [0.25, 0.3) is 0 Å². The fourth-order valence-electron chi connectivity index (χ4n) is 5.13. The molecule has 0 spiro atoms. The van der Waals surface area contributed by atoms with E-state index in [0.29, 0.717) is 30.4 Å². The van der Waals surface area contributed by atoms with Gasteiger partial charge in [0.2, 0.25) is 0 Å². The number of thiazole rings is 1. The molecule has 1 aliphatic heterocycles. The van der Waals surface area contributed by atoms with Crippen molar-refractivity contribution in [1.29, 1.82) is 0 Å². The van der Waals surface area contributed by atoms with Crippen LogP contribution in [0.2, 0.25) is 0 Å². The van der Waals surface area contributed by atoms with Crippen molar-refractivity contribution >= 4 is 44.4 Å². The van der Waals surface area contributed by atoms with Gasteiger partial charge in [-0.05, 0) is 66.3 Å². The van der Waals surface area contributed by atoms with Crippen molar-refractivity contribution in [1.82, 2.24) is 9.97 Å². The summed E-state index contributed by atoms with van der Waals surface area (Å²) in [6.07, 6.45) is 3.33. The average Bonchev–Trinajstić information content (AvgIpc) is 3.43. The van der Waals surface area contributed by atoms with E-state index in [1.807, 2.05) is 42.5 Å². The van der Waals surface area contributed by atoms with Crippen molar-refractivity contribution in [3.8, 4) is 17.0 Å². The second-order valence-electron chi connectivity index (χ2n) is 10.1. The van der Waals surface area contributed by atoms with Crippen LogP contribution in [0.25, 0.3) is 21.5 Å². The molecular weight excluding hydrogens is 548 g/mol. The molecule has 2 aromatic heterocycles. The fraction of sp³-hybridized carbons (Fsp3) is 0.212. The maximum absolute atomic E-state index is 13.3. The summed E-state index contributed by atoms with van der Waals surface area (Å²) in [7, 11) is 0. The molecular formula is C33H30N4O4S. The zero-order valence-electron chi connectivity index (χ0n) is 23.2. The summed E-state index contributed by atoms with van der Waals surface area (Å²) < 4.78 is 6.86. The molecule has 8 nitrogen and oxygen atoms in total. The standard InChI is InChI=1S/C33H30N4O4S/c1-2-21-9-11-22(12-10-21)17-19-41-28-16-15-25(34-30(28)31(38)39)24-14-13-23-6-5-18-37(27(23)20-24)33(40)36-32-35-26-7-3-4-8-29(26)42-32/h3-4,7-16,20H,2,5-6,17-19H2,1H3,(H,38,39)(H,35,36,40). The van der Waals surface area contributed by atoms with Crippen LogP contribution in [0, 0.1) is 0 Å². The number of carboxylic acid groups (broad SMARTS) is 1. The Kier molecular flexibility index (Phi) is 7.83. The summed E-state index contributed by atoms with van der Waals surface area (Å²) in [4.78, 5) is 36.2. The van der Waals surface area contributed by atoms with E-state index in [9.17, 15) is 14.7 Å². The number of aryl methyl sites for hydroxylation is 2. The maximum atomic E-state index is 13.3. The van der Waals surface area contributed by atoms with E-state index >= 15 is 0 Å². The lowest BCUT2D eigenvalue weighted by Gasteiger charge is -2.29. The minimum atomic E-state index is -1.16. The number of carbonyl (C=O) groups excluding carboxylic acids is 1. The minimum absolute atomic E-state index is 0.142. The highest BCUT2D eigenvalue weighted by Crippen LogP contribution is 2.34. The van der Waals surface area contributed by atoms with Gasteiger partial charge in [-0.3, -0.25) is 10.2 Å². The number of amides is 2. The zero-order chi connectivity index (χ0) is 29.1. The molecule has 212 valence electrons. The summed E-state index contributed by atoms with van der Waals surface area (Å²) in [5.74, 6) is -0.930. The molecule has 0 fully saturated rings. The van der Waals surface area contributed by atoms with Gasteiger partial charge in [-0.1, -0.05) is 66.8 Å². The molecule has 9 heteroatoms. The molecule has 2 amide bonds. The van der Waals surface area contributed by atoms with Gasteiger partial charge in [0.1, 0.15) is 0 Å². The third-order valence-electron chi connectivity index (χ3n) is 7.39. The number of fused-ring (bicyclic) bond motifs is 2. The first-order valence-electron chi connectivity index (χ1n) is 14.0. The maximum Gasteiger partial charge on any atom is 0.358 e. The molecule has 0 unspecified atom stereocenters. The van der Waals surface area contributed by atoms with Crippen LogP contribution in [0.3, 0.4) is 0 Å². The number of aromatic carboxylic acids is 1. The van der Waals surface area contributed by atoms with Crippen molar-refractivity contribution in [2.75, 3.05) is 23.4 Å². The third kappa shape index (κ3) is 5.82. The van der Waals surface area contributed by atoms with E-state index < -0.39 is 5.97 Å². The van der Waals surface area contributed by atoms with Crippen LogP contribution in [0.4, 0.5) is 15.6 Å². The van der Waals surface area contributed by atoms with E-state index in [1.165, 1.54) is 16.9 Å².